The third-order valence-electron chi connectivity index (χ3n) is 3.02. The fourth-order valence-electron chi connectivity index (χ4n) is 1.98. The van der Waals surface area contributed by atoms with Crippen molar-refractivity contribution in [2.75, 3.05) is 33.0 Å². The molecule has 2 rings (SSSR count). The highest BCUT2D eigenvalue weighted by molar-refractivity contribution is 4.82. The van der Waals surface area contributed by atoms with Gasteiger partial charge < -0.3 is 14.8 Å². The van der Waals surface area contributed by atoms with E-state index in [2.05, 4.69) is 5.32 Å². The van der Waals surface area contributed by atoms with Crippen molar-refractivity contribution in [3.63, 3.8) is 0 Å². The van der Waals surface area contributed by atoms with Crippen molar-refractivity contribution >= 4 is 0 Å². The zero-order valence-corrected chi connectivity index (χ0v) is 8.38. The van der Waals surface area contributed by atoms with Gasteiger partial charge in [0.2, 0.25) is 0 Å². The molecule has 0 aromatic carbocycles. The standard InChI is InChI=1S/C10H18FNO2/c11-9-6-14-7-10(9)12-5-8-1-3-13-4-2-8/h8-10,12H,1-7H2/t9-,10-/m1/s1. The van der Waals surface area contributed by atoms with Crippen LogP contribution in [-0.4, -0.2) is 45.2 Å². The summed E-state index contributed by atoms with van der Waals surface area (Å²) in [6, 6.07) is -0.0853. The molecule has 2 atom stereocenters. The lowest BCUT2D eigenvalue weighted by atomic mass is 10.00. The maximum atomic E-state index is 13.1. The van der Waals surface area contributed by atoms with Crippen LogP contribution in [0.2, 0.25) is 0 Å². The summed E-state index contributed by atoms with van der Waals surface area (Å²) in [4.78, 5) is 0. The Balaban J connectivity index is 1.65. The molecule has 82 valence electrons. The molecule has 0 unspecified atom stereocenters. The van der Waals surface area contributed by atoms with Gasteiger partial charge >= 0.3 is 0 Å². The van der Waals surface area contributed by atoms with Crippen molar-refractivity contribution in [2.24, 2.45) is 5.92 Å². The van der Waals surface area contributed by atoms with Crippen LogP contribution in [0.25, 0.3) is 0 Å². The van der Waals surface area contributed by atoms with Gasteiger partial charge in [-0.1, -0.05) is 0 Å². The molecule has 2 saturated heterocycles. The Morgan fingerprint density at radius 1 is 1.14 bits per heavy atom. The first kappa shape index (κ1) is 10.3. The predicted molar refractivity (Wildman–Crippen MR) is 51.0 cm³/mol. The fraction of sp³-hybridized carbons (Fsp3) is 1.00. The van der Waals surface area contributed by atoms with E-state index in [0.717, 1.165) is 32.6 Å². The molecule has 2 fully saturated rings. The van der Waals surface area contributed by atoms with Gasteiger partial charge in [0.25, 0.3) is 0 Å². The molecule has 0 amide bonds. The van der Waals surface area contributed by atoms with Crippen molar-refractivity contribution < 1.29 is 13.9 Å². The van der Waals surface area contributed by atoms with Crippen LogP contribution in [0.1, 0.15) is 12.8 Å². The molecule has 0 spiro atoms. The van der Waals surface area contributed by atoms with Crippen molar-refractivity contribution in [2.45, 2.75) is 25.1 Å². The SMILES string of the molecule is F[C@@H]1COC[C@H]1NCC1CCOCC1. The minimum absolute atomic E-state index is 0.0853. The third-order valence-corrected chi connectivity index (χ3v) is 3.02. The van der Waals surface area contributed by atoms with Crippen LogP contribution in [0.3, 0.4) is 0 Å². The second kappa shape index (κ2) is 5.05. The molecule has 2 aliphatic rings. The van der Waals surface area contributed by atoms with E-state index in [4.69, 9.17) is 9.47 Å². The van der Waals surface area contributed by atoms with Gasteiger partial charge in [-0.05, 0) is 25.3 Å². The maximum absolute atomic E-state index is 13.1. The van der Waals surface area contributed by atoms with Gasteiger partial charge in [-0.3, -0.25) is 0 Å². The van der Waals surface area contributed by atoms with Crippen LogP contribution in [-0.2, 0) is 9.47 Å². The van der Waals surface area contributed by atoms with Gasteiger partial charge in [0.05, 0.1) is 19.3 Å². The van der Waals surface area contributed by atoms with E-state index >= 15 is 0 Å². The summed E-state index contributed by atoms with van der Waals surface area (Å²) < 4.78 is 23.4. The molecule has 1 N–H and O–H groups in total. The van der Waals surface area contributed by atoms with Crippen molar-refractivity contribution in [1.29, 1.82) is 0 Å². The zero-order chi connectivity index (χ0) is 9.80. The average Bonchev–Trinajstić information content (AvgIpc) is 2.63. The Labute approximate surface area is 84.0 Å². The van der Waals surface area contributed by atoms with Crippen LogP contribution in [0.15, 0.2) is 0 Å². The molecule has 0 aliphatic carbocycles. The third kappa shape index (κ3) is 2.65. The summed E-state index contributed by atoms with van der Waals surface area (Å²) in [6.45, 7) is 3.38. The van der Waals surface area contributed by atoms with E-state index in [-0.39, 0.29) is 12.6 Å². The lowest BCUT2D eigenvalue weighted by molar-refractivity contribution is 0.0647. The largest absolute Gasteiger partial charge is 0.381 e. The van der Waals surface area contributed by atoms with Gasteiger partial charge in [-0.15, -0.1) is 0 Å². The van der Waals surface area contributed by atoms with E-state index in [1.807, 2.05) is 0 Å². The normalized spacial score (nSPS) is 34.9. The first-order valence-electron chi connectivity index (χ1n) is 5.39. The smallest absolute Gasteiger partial charge is 0.141 e. The number of hydrogen-bond donors (Lipinski definition) is 1. The van der Waals surface area contributed by atoms with Crippen molar-refractivity contribution in [3.05, 3.63) is 0 Å². The summed E-state index contributed by atoms with van der Waals surface area (Å²) in [6.07, 6.45) is 1.37. The average molecular weight is 203 g/mol. The number of halogens is 1. The first-order valence-corrected chi connectivity index (χ1v) is 5.39. The minimum Gasteiger partial charge on any atom is -0.381 e. The topological polar surface area (TPSA) is 30.5 Å². The van der Waals surface area contributed by atoms with Crippen molar-refractivity contribution in [3.8, 4) is 0 Å². The highest BCUT2D eigenvalue weighted by Crippen LogP contribution is 2.15. The molecule has 0 saturated carbocycles. The zero-order valence-electron chi connectivity index (χ0n) is 8.38. The van der Waals surface area contributed by atoms with Crippen LogP contribution in [0.5, 0.6) is 0 Å². The number of ether oxygens (including phenoxy) is 2. The van der Waals surface area contributed by atoms with E-state index < -0.39 is 6.17 Å². The molecule has 3 nitrogen and oxygen atoms in total. The summed E-state index contributed by atoms with van der Waals surface area (Å²) in [5.41, 5.74) is 0. The summed E-state index contributed by atoms with van der Waals surface area (Å²) >= 11 is 0. The fourth-order valence-corrected chi connectivity index (χ4v) is 1.98. The molecule has 2 aliphatic heterocycles. The Kier molecular flexibility index (Phi) is 3.73. The van der Waals surface area contributed by atoms with Gasteiger partial charge in [0, 0.05) is 13.2 Å². The molecule has 2 heterocycles. The minimum atomic E-state index is -0.824. The first-order chi connectivity index (χ1) is 6.86. The van der Waals surface area contributed by atoms with E-state index in [1.54, 1.807) is 0 Å². The molecular weight excluding hydrogens is 185 g/mol. The highest BCUT2D eigenvalue weighted by Gasteiger charge is 2.28. The molecule has 0 aromatic rings. The second-order valence-corrected chi connectivity index (χ2v) is 4.12. The monoisotopic (exact) mass is 203 g/mol. The molecule has 0 radical (unpaired) electrons. The van der Waals surface area contributed by atoms with E-state index in [1.165, 1.54) is 0 Å². The predicted octanol–water partition coefficient (Wildman–Crippen LogP) is 0.739. The summed E-state index contributed by atoms with van der Waals surface area (Å²) in [5.74, 6) is 0.650. The number of rotatable bonds is 3. The van der Waals surface area contributed by atoms with Crippen molar-refractivity contribution in [1.82, 2.24) is 5.32 Å². The molecule has 4 heteroatoms. The Hall–Kier alpha value is -0.190. The molecular formula is C10H18FNO2. The van der Waals surface area contributed by atoms with Gasteiger partial charge in [0.15, 0.2) is 0 Å². The quantitative estimate of drug-likeness (QED) is 0.734. The Morgan fingerprint density at radius 2 is 1.93 bits per heavy atom. The second-order valence-electron chi connectivity index (χ2n) is 4.12. The van der Waals surface area contributed by atoms with Crippen LogP contribution < -0.4 is 5.32 Å². The molecule has 14 heavy (non-hydrogen) atoms. The lowest BCUT2D eigenvalue weighted by Crippen LogP contribution is -2.40. The molecule has 0 aromatic heterocycles. The number of nitrogens with one attached hydrogen (secondary N) is 1. The molecule has 0 bridgehead atoms. The Morgan fingerprint density at radius 3 is 2.57 bits per heavy atom. The van der Waals surface area contributed by atoms with Gasteiger partial charge in [-0.25, -0.2) is 4.39 Å². The summed E-state index contributed by atoms with van der Waals surface area (Å²) in [5, 5.41) is 3.25. The van der Waals surface area contributed by atoms with Crippen LogP contribution >= 0.6 is 0 Å². The summed E-state index contributed by atoms with van der Waals surface area (Å²) in [7, 11) is 0. The highest BCUT2D eigenvalue weighted by atomic mass is 19.1. The van der Waals surface area contributed by atoms with Crippen LogP contribution in [0.4, 0.5) is 4.39 Å². The van der Waals surface area contributed by atoms with Gasteiger partial charge in [0.1, 0.15) is 6.17 Å². The van der Waals surface area contributed by atoms with Crippen LogP contribution in [0, 0.1) is 5.92 Å². The van der Waals surface area contributed by atoms with E-state index in [0.29, 0.717) is 12.5 Å². The Bertz CT molecular complexity index is 174. The lowest BCUT2D eigenvalue weighted by Gasteiger charge is -2.24. The number of alkyl halides is 1. The van der Waals surface area contributed by atoms with E-state index in [9.17, 15) is 4.39 Å². The van der Waals surface area contributed by atoms with Gasteiger partial charge in [-0.2, -0.15) is 0 Å². The maximum Gasteiger partial charge on any atom is 0.141 e. The number of hydrogen-bond acceptors (Lipinski definition) is 3.